The highest BCUT2D eigenvalue weighted by Gasteiger charge is 2.32. The Kier molecular flexibility index (Phi) is 7.84. The monoisotopic (exact) mass is 517 g/mol. The maximum absolute atomic E-state index is 15.2. The molecule has 1 aromatic heterocycles. The molecule has 3 N–H and O–H groups in total. The van der Waals surface area contributed by atoms with E-state index in [-0.39, 0.29) is 5.69 Å². The summed E-state index contributed by atoms with van der Waals surface area (Å²) in [4.78, 5) is 14.0. The topological polar surface area (TPSA) is 76.2 Å². The van der Waals surface area contributed by atoms with E-state index in [2.05, 4.69) is 53.9 Å². The van der Waals surface area contributed by atoms with Crippen molar-refractivity contribution < 1.29 is 9.18 Å². The molecule has 0 spiro atoms. The van der Waals surface area contributed by atoms with Gasteiger partial charge in [0.25, 0.3) is 0 Å². The first kappa shape index (κ1) is 26.4. The Labute approximate surface area is 225 Å². The van der Waals surface area contributed by atoms with Crippen LogP contribution >= 0.6 is 0 Å². The lowest BCUT2D eigenvalue weighted by atomic mass is 9.83. The summed E-state index contributed by atoms with van der Waals surface area (Å²) in [5.41, 5.74) is 12.9. The number of hydrogen-bond acceptors (Lipinski definition) is 3. The number of rotatable bonds is 7. The zero-order valence-corrected chi connectivity index (χ0v) is 22.9. The number of hydrogen-bond donors (Lipinski definition) is 2. The summed E-state index contributed by atoms with van der Waals surface area (Å²) >= 11 is 0. The van der Waals surface area contributed by atoms with Crippen LogP contribution in [0.4, 0.5) is 14.9 Å². The number of carbonyl (C=O) groups excluding carboxylic acids is 1. The molecule has 0 bridgehead atoms. The molecule has 1 aliphatic heterocycles. The van der Waals surface area contributed by atoms with E-state index in [0.717, 1.165) is 60.9 Å². The van der Waals surface area contributed by atoms with Crippen molar-refractivity contribution in [3.63, 3.8) is 0 Å². The van der Waals surface area contributed by atoms with Gasteiger partial charge < -0.3 is 11.1 Å². The fourth-order valence-corrected chi connectivity index (χ4v) is 6.50. The Morgan fingerprint density at radius 3 is 2.47 bits per heavy atom. The van der Waals surface area contributed by atoms with Gasteiger partial charge in [0.1, 0.15) is 5.82 Å². The SMILES string of the molecule is CCc1cccc(CC)c1-n1nc2c(c1-c1ccc(NC(N)=O)c(F)c1)CN(C(C)C1CCCCC1)CC2. The molecule has 1 fully saturated rings. The van der Waals surface area contributed by atoms with E-state index in [1.54, 1.807) is 6.07 Å². The van der Waals surface area contributed by atoms with E-state index < -0.39 is 11.8 Å². The third kappa shape index (κ3) is 5.08. The number of nitrogens with one attached hydrogen (secondary N) is 1. The van der Waals surface area contributed by atoms with E-state index >= 15 is 4.39 Å². The smallest absolute Gasteiger partial charge is 0.316 e. The molecule has 3 aromatic rings. The van der Waals surface area contributed by atoms with Crippen LogP contribution in [0.3, 0.4) is 0 Å². The van der Waals surface area contributed by atoms with Gasteiger partial charge in [-0.2, -0.15) is 5.10 Å². The molecule has 1 atom stereocenters. The number of primary amides is 1. The van der Waals surface area contributed by atoms with Gasteiger partial charge in [0.05, 0.1) is 22.8 Å². The van der Waals surface area contributed by atoms with Gasteiger partial charge in [0.15, 0.2) is 0 Å². The minimum absolute atomic E-state index is 0.0805. The number of aryl methyl sites for hydroxylation is 2. The van der Waals surface area contributed by atoms with E-state index in [4.69, 9.17) is 10.8 Å². The van der Waals surface area contributed by atoms with Crippen LogP contribution in [0.15, 0.2) is 36.4 Å². The number of benzene rings is 2. The lowest BCUT2D eigenvalue weighted by molar-refractivity contribution is 0.116. The number of halogens is 1. The van der Waals surface area contributed by atoms with Gasteiger partial charge in [-0.25, -0.2) is 13.9 Å². The standard InChI is InChI=1S/C31H40FN5O/c1-4-21-12-9-13-22(5-2)29(21)37-30(24-14-15-28(26(32)18-24)34-31(33)38)25-19-36(17-16-27(25)35-37)20(3)23-10-7-6-8-11-23/h9,12-15,18,20,23H,4-8,10-11,16-17,19H2,1-3H3,(H3,33,34,38). The van der Waals surface area contributed by atoms with Gasteiger partial charge in [0, 0.05) is 36.7 Å². The summed E-state index contributed by atoms with van der Waals surface area (Å²) in [6, 6.07) is 11.1. The number of carbonyl (C=O) groups is 1. The highest BCUT2D eigenvalue weighted by atomic mass is 19.1. The lowest BCUT2D eigenvalue weighted by Crippen LogP contribution is -2.42. The van der Waals surface area contributed by atoms with E-state index in [9.17, 15) is 4.79 Å². The molecule has 1 saturated carbocycles. The normalized spacial score (nSPS) is 17.3. The molecule has 1 aliphatic carbocycles. The summed E-state index contributed by atoms with van der Waals surface area (Å²) in [6.45, 7) is 8.52. The number of urea groups is 1. The van der Waals surface area contributed by atoms with Crippen molar-refractivity contribution in [1.29, 1.82) is 0 Å². The van der Waals surface area contributed by atoms with E-state index in [1.807, 2.05) is 6.07 Å². The summed E-state index contributed by atoms with van der Waals surface area (Å²) in [5.74, 6) is 0.221. The zero-order valence-electron chi connectivity index (χ0n) is 22.9. The molecular formula is C31H40FN5O. The Bertz CT molecular complexity index is 1290. The Morgan fingerprint density at radius 2 is 1.84 bits per heavy atom. The third-order valence-electron chi connectivity index (χ3n) is 8.65. The number of anilines is 1. The summed E-state index contributed by atoms with van der Waals surface area (Å²) in [5, 5.41) is 7.58. The average molecular weight is 518 g/mol. The molecule has 6 nitrogen and oxygen atoms in total. The number of aromatic nitrogens is 2. The summed E-state index contributed by atoms with van der Waals surface area (Å²) in [7, 11) is 0. The van der Waals surface area contributed by atoms with Crippen LogP contribution in [0, 0.1) is 11.7 Å². The molecule has 2 aliphatic rings. The number of nitrogens with zero attached hydrogens (tertiary/aromatic N) is 3. The minimum atomic E-state index is -0.782. The molecule has 202 valence electrons. The molecule has 38 heavy (non-hydrogen) atoms. The predicted octanol–water partition coefficient (Wildman–Crippen LogP) is 6.62. The third-order valence-corrected chi connectivity index (χ3v) is 8.65. The summed E-state index contributed by atoms with van der Waals surface area (Å²) in [6.07, 6.45) is 9.27. The van der Waals surface area contributed by atoms with Crippen LogP contribution in [0.25, 0.3) is 16.9 Å². The van der Waals surface area contributed by atoms with Gasteiger partial charge in [-0.15, -0.1) is 0 Å². The first-order valence-corrected chi connectivity index (χ1v) is 14.2. The molecular weight excluding hydrogens is 477 g/mol. The van der Waals surface area contributed by atoms with Crippen molar-refractivity contribution in [2.75, 3.05) is 11.9 Å². The minimum Gasteiger partial charge on any atom is -0.351 e. The fourth-order valence-electron chi connectivity index (χ4n) is 6.50. The highest BCUT2D eigenvalue weighted by molar-refractivity contribution is 5.88. The quantitative estimate of drug-likeness (QED) is 0.370. The number of fused-ring (bicyclic) bond motifs is 1. The first-order chi connectivity index (χ1) is 18.4. The Morgan fingerprint density at radius 1 is 1.13 bits per heavy atom. The number of para-hydroxylation sites is 1. The van der Waals surface area contributed by atoms with Crippen LogP contribution in [0.5, 0.6) is 0 Å². The predicted molar refractivity (Wildman–Crippen MR) is 151 cm³/mol. The zero-order chi connectivity index (χ0) is 26.8. The van der Waals surface area contributed by atoms with Crippen LogP contribution in [-0.4, -0.2) is 33.3 Å². The molecule has 0 radical (unpaired) electrons. The van der Waals surface area contributed by atoms with Crippen LogP contribution in [-0.2, 0) is 25.8 Å². The Balaban J connectivity index is 1.63. The van der Waals surface area contributed by atoms with Crippen molar-refractivity contribution in [3.8, 4) is 16.9 Å². The van der Waals surface area contributed by atoms with E-state index in [0.29, 0.717) is 6.04 Å². The molecule has 0 saturated heterocycles. The largest absolute Gasteiger partial charge is 0.351 e. The second kappa shape index (κ2) is 11.3. The first-order valence-electron chi connectivity index (χ1n) is 14.2. The van der Waals surface area contributed by atoms with Crippen LogP contribution < -0.4 is 11.1 Å². The van der Waals surface area contributed by atoms with Crippen LogP contribution in [0.1, 0.15) is 75.3 Å². The second-order valence-electron chi connectivity index (χ2n) is 10.9. The van der Waals surface area contributed by atoms with Gasteiger partial charge in [-0.1, -0.05) is 57.4 Å². The van der Waals surface area contributed by atoms with Crippen molar-refractivity contribution in [2.45, 2.75) is 84.7 Å². The van der Waals surface area contributed by atoms with E-state index in [1.165, 1.54) is 54.9 Å². The van der Waals surface area contributed by atoms with Gasteiger partial charge in [-0.3, -0.25) is 4.90 Å². The highest BCUT2D eigenvalue weighted by Crippen LogP contribution is 2.38. The van der Waals surface area contributed by atoms with Crippen molar-refractivity contribution in [3.05, 3.63) is 64.6 Å². The molecule has 7 heteroatoms. The molecule has 2 amide bonds. The van der Waals surface area contributed by atoms with Crippen molar-refractivity contribution in [2.24, 2.45) is 11.7 Å². The molecule has 2 aromatic carbocycles. The Hall–Kier alpha value is -3.19. The van der Waals surface area contributed by atoms with Gasteiger partial charge >= 0.3 is 6.03 Å². The van der Waals surface area contributed by atoms with Crippen molar-refractivity contribution in [1.82, 2.24) is 14.7 Å². The van der Waals surface area contributed by atoms with Gasteiger partial charge in [0.2, 0.25) is 0 Å². The van der Waals surface area contributed by atoms with Crippen molar-refractivity contribution >= 4 is 11.7 Å². The maximum atomic E-state index is 15.2. The fraction of sp³-hybridized carbons (Fsp3) is 0.484. The lowest BCUT2D eigenvalue weighted by Gasteiger charge is -2.38. The molecule has 5 rings (SSSR count). The number of amides is 2. The average Bonchev–Trinajstić information content (AvgIpc) is 3.31. The van der Waals surface area contributed by atoms with Gasteiger partial charge in [-0.05, 0) is 61.8 Å². The summed E-state index contributed by atoms with van der Waals surface area (Å²) < 4.78 is 17.3. The molecule has 2 heterocycles. The maximum Gasteiger partial charge on any atom is 0.316 e. The van der Waals surface area contributed by atoms with Crippen LogP contribution in [0.2, 0.25) is 0 Å². The molecule has 1 unspecified atom stereocenters. The number of nitrogens with two attached hydrogens (primary N) is 1. The second-order valence-corrected chi connectivity index (χ2v) is 10.9.